The molecule has 1 fully saturated rings. The second-order valence-corrected chi connectivity index (χ2v) is 8.68. The zero-order valence-corrected chi connectivity index (χ0v) is 14.5. The Balaban J connectivity index is 2.80. The fourth-order valence-electron chi connectivity index (χ4n) is 2.97. The van der Waals surface area contributed by atoms with Crippen LogP contribution in [-0.4, -0.2) is 36.6 Å². The summed E-state index contributed by atoms with van der Waals surface area (Å²) in [6.45, 7) is 22.4. The van der Waals surface area contributed by atoms with E-state index in [-0.39, 0.29) is 0 Å². The maximum atomic E-state index is 3.80. The van der Waals surface area contributed by atoms with Gasteiger partial charge in [-0.1, -0.05) is 61.8 Å². The molecule has 3 unspecified atom stereocenters. The highest BCUT2D eigenvalue weighted by Gasteiger charge is 2.38. The molecule has 0 aliphatic carbocycles. The van der Waals surface area contributed by atoms with E-state index in [1.54, 1.807) is 0 Å². The van der Waals surface area contributed by atoms with E-state index in [0.717, 1.165) is 12.5 Å². The highest BCUT2D eigenvalue weighted by Crippen LogP contribution is 2.31. The molecule has 2 nitrogen and oxygen atoms in total. The molecule has 3 atom stereocenters. The van der Waals surface area contributed by atoms with Crippen molar-refractivity contribution in [1.82, 2.24) is 10.2 Å². The zero-order chi connectivity index (χ0) is 14.8. The molecule has 1 rings (SSSR count). The van der Waals surface area contributed by atoms with E-state index in [9.17, 15) is 0 Å². The maximum Gasteiger partial charge on any atom is 0.0269 e. The van der Waals surface area contributed by atoms with Gasteiger partial charge >= 0.3 is 0 Å². The van der Waals surface area contributed by atoms with Gasteiger partial charge < -0.3 is 5.32 Å². The molecule has 1 aliphatic heterocycles. The predicted octanol–water partition coefficient (Wildman–Crippen LogP) is 3.77. The van der Waals surface area contributed by atoms with E-state index in [0.29, 0.717) is 22.9 Å². The van der Waals surface area contributed by atoms with Crippen molar-refractivity contribution in [3.8, 4) is 0 Å². The Labute approximate surface area is 121 Å². The third-order valence-corrected chi connectivity index (χ3v) is 4.70. The van der Waals surface area contributed by atoms with Gasteiger partial charge in [-0.05, 0) is 16.7 Å². The molecule has 114 valence electrons. The van der Waals surface area contributed by atoms with Crippen LogP contribution in [0.25, 0.3) is 0 Å². The van der Waals surface area contributed by atoms with Crippen molar-refractivity contribution in [3.05, 3.63) is 0 Å². The summed E-state index contributed by atoms with van der Waals surface area (Å²) in [7, 11) is 0. The first-order valence-electron chi connectivity index (χ1n) is 8.03. The summed E-state index contributed by atoms with van der Waals surface area (Å²) in [5, 5.41) is 3.80. The van der Waals surface area contributed by atoms with Crippen LogP contribution in [-0.2, 0) is 0 Å². The lowest BCUT2D eigenvalue weighted by atomic mass is 9.79. The Morgan fingerprint density at radius 3 is 2.11 bits per heavy atom. The minimum atomic E-state index is 0.344. The van der Waals surface area contributed by atoms with Crippen molar-refractivity contribution >= 4 is 0 Å². The average molecular weight is 268 g/mol. The number of hydrogen-bond acceptors (Lipinski definition) is 2. The molecule has 1 N–H and O–H groups in total. The van der Waals surface area contributed by atoms with Gasteiger partial charge in [-0.3, -0.25) is 4.90 Å². The summed E-state index contributed by atoms with van der Waals surface area (Å²) in [6.07, 6.45) is 1.28. The molecule has 1 heterocycles. The molecule has 0 spiro atoms. The van der Waals surface area contributed by atoms with E-state index in [4.69, 9.17) is 0 Å². The Morgan fingerprint density at radius 1 is 1.11 bits per heavy atom. The van der Waals surface area contributed by atoms with E-state index in [1.807, 2.05) is 0 Å². The second-order valence-electron chi connectivity index (χ2n) is 8.68. The maximum absolute atomic E-state index is 3.80. The van der Waals surface area contributed by atoms with Gasteiger partial charge in [0.25, 0.3) is 0 Å². The minimum absolute atomic E-state index is 0.344. The van der Waals surface area contributed by atoms with Gasteiger partial charge in [0.1, 0.15) is 0 Å². The average Bonchev–Trinajstić information content (AvgIpc) is 2.26. The van der Waals surface area contributed by atoms with Gasteiger partial charge in [-0.2, -0.15) is 0 Å². The number of nitrogens with one attached hydrogen (secondary N) is 1. The van der Waals surface area contributed by atoms with Crippen molar-refractivity contribution in [2.75, 3.05) is 19.6 Å². The SMILES string of the molecule is CCC(C)CN1CC(C(C)(C)C)NCC1C(C)(C)C. The van der Waals surface area contributed by atoms with Crippen LogP contribution in [0.4, 0.5) is 0 Å². The molecular formula is C17H36N2. The van der Waals surface area contributed by atoms with Crippen LogP contribution in [0, 0.1) is 16.7 Å². The molecule has 1 saturated heterocycles. The van der Waals surface area contributed by atoms with Crippen molar-refractivity contribution in [2.24, 2.45) is 16.7 Å². The van der Waals surface area contributed by atoms with Crippen molar-refractivity contribution in [2.45, 2.75) is 73.9 Å². The smallest absolute Gasteiger partial charge is 0.0269 e. The molecule has 19 heavy (non-hydrogen) atoms. The van der Waals surface area contributed by atoms with Crippen LogP contribution in [0.3, 0.4) is 0 Å². The summed E-state index contributed by atoms with van der Waals surface area (Å²) >= 11 is 0. The number of piperazine rings is 1. The van der Waals surface area contributed by atoms with Crippen molar-refractivity contribution in [3.63, 3.8) is 0 Å². The Kier molecular flexibility index (Phi) is 5.48. The lowest BCUT2D eigenvalue weighted by Crippen LogP contribution is -2.64. The van der Waals surface area contributed by atoms with Gasteiger partial charge in [0, 0.05) is 31.7 Å². The zero-order valence-electron chi connectivity index (χ0n) is 14.5. The summed E-state index contributed by atoms with van der Waals surface area (Å²) < 4.78 is 0. The lowest BCUT2D eigenvalue weighted by Gasteiger charge is -2.50. The van der Waals surface area contributed by atoms with Gasteiger partial charge in [0.2, 0.25) is 0 Å². The van der Waals surface area contributed by atoms with Crippen LogP contribution in [0.1, 0.15) is 61.8 Å². The third-order valence-electron chi connectivity index (χ3n) is 4.70. The largest absolute Gasteiger partial charge is 0.311 e. The van der Waals surface area contributed by atoms with Crippen molar-refractivity contribution < 1.29 is 0 Å². The van der Waals surface area contributed by atoms with Gasteiger partial charge in [-0.15, -0.1) is 0 Å². The van der Waals surface area contributed by atoms with Crippen LogP contribution in [0.15, 0.2) is 0 Å². The number of nitrogens with zero attached hydrogens (tertiary/aromatic N) is 1. The number of hydrogen-bond donors (Lipinski definition) is 1. The van der Waals surface area contributed by atoms with E-state index in [2.05, 4.69) is 65.6 Å². The molecule has 0 amide bonds. The molecule has 0 aromatic carbocycles. The van der Waals surface area contributed by atoms with Crippen LogP contribution < -0.4 is 5.32 Å². The quantitative estimate of drug-likeness (QED) is 0.838. The van der Waals surface area contributed by atoms with Gasteiger partial charge in [0.05, 0.1) is 0 Å². The lowest BCUT2D eigenvalue weighted by molar-refractivity contribution is 0.0212. The van der Waals surface area contributed by atoms with Crippen LogP contribution in [0.5, 0.6) is 0 Å². The first kappa shape index (κ1) is 17.0. The molecule has 2 heteroatoms. The van der Waals surface area contributed by atoms with E-state index >= 15 is 0 Å². The summed E-state index contributed by atoms with van der Waals surface area (Å²) in [6, 6.07) is 1.26. The highest BCUT2D eigenvalue weighted by molar-refractivity contribution is 4.96. The standard InChI is InChI=1S/C17H36N2/c1-9-13(2)11-19-12-14(16(3,4)5)18-10-15(19)17(6,7)8/h13-15,18H,9-12H2,1-8H3. The molecule has 0 saturated carbocycles. The molecule has 0 aromatic rings. The first-order chi connectivity index (χ1) is 8.55. The minimum Gasteiger partial charge on any atom is -0.311 e. The Bertz CT molecular complexity index is 272. The first-order valence-corrected chi connectivity index (χ1v) is 8.03. The summed E-state index contributed by atoms with van der Waals surface area (Å²) in [5.74, 6) is 0.795. The second kappa shape index (κ2) is 6.13. The Morgan fingerprint density at radius 2 is 1.68 bits per heavy atom. The molecular weight excluding hydrogens is 232 g/mol. The van der Waals surface area contributed by atoms with E-state index < -0.39 is 0 Å². The molecule has 0 aromatic heterocycles. The summed E-state index contributed by atoms with van der Waals surface area (Å²) in [5.41, 5.74) is 0.694. The number of rotatable bonds is 3. The van der Waals surface area contributed by atoms with Crippen LogP contribution in [0.2, 0.25) is 0 Å². The molecule has 0 radical (unpaired) electrons. The fraction of sp³-hybridized carbons (Fsp3) is 1.00. The third kappa shape index (κ3) is 4.75. The Hall–Kier alpha value is -0.0800. The van der Waals surface area contributed by atoms with E-state index in [1.165, 1.54) is 19.5 Å². The molecule has 1 aliphatic rings. The normalized spacial score (nSPS) is 28.4. The monoisotopic (exact) mass is 268 g/mol. The van der Waals surface area contributed by atoms with Gasteiger partial charge in [0.15, 0.2) is 0 Å². The van der Waals surface area contributed by atoms with Crippen molar-refractivity contribution in [1.29, 1.82) is 0 Å². The molecule has 0 bridgehead atoms. The topological polar surface area (TPSA) is 15.3 Å². The highest BCUT2D eigenvalue weighted by atomic mass is 15.2. The predicted molar refractivity (Wildman–Crippen MR) is 85.5 cm³/mol. The summed E-state index contributed by atoms with van der Waals surface area (Å²) in [4.78, 5) is 2.75. The fourth-order valence-corrected chi connectivity index (χ4v) is 2.97. The van der Waals surface area contributed by atoms with Crippen LogP contribution >= 0.6 is 0 Å². The van der Waals surface area contributed by atoms with Gasteiger partial charge in [-0.25, -0.2) is 0 Å².